The summed E-state index contributed by atoms with van der Waals surface area (Å²) in [4.78, 5) is 34.8. The highest BCUT2D eigenvalue weighted by molar-refractivity contribution is 9.10. The Hall–Kier alpha value is -3.78. The third-order valence-corrected chi connectivity index (χ3v) is 8.12. The summed E-state index contributed by atoms with van der Waals surface area (Å²) in [5.74, 6) is 1.25. The molecule has 0 saturated carbocycles. The van der Waals surface area contributed by atoms with Crippen molar-refractivity contribution in [1.29, 1.82) is 0 Å². The smallest absolute Gasteiger partial charge is 0.246 e. The first-order valence-electron chi connectivity index (χ1n) is 12.6. The van der Waals surface area contributed by atoms with Crippen molar-refractivity contribution in [3.63, 3.8) is 0 Å². The summed E-state index contributed by atoms with van der Waals surface area (Å²) in [6.07, 6.45) is 1.10. The second kappa shape index (κ2) is 9.83. The molecule has 8 heteroatoms. The molecule has 194 valence electrons. The van der Waals surface area contributed by atoms with E-state index in [0.29, 0.717) is 30.9 Å². The average Bonchev–Trinajstić information content (AvgIpc) is 3.31. The van der Waals surface area contributed by atoms with E-state index in [-0.39, 0.29) is 24.4 Å². The topological polar surface area (TPSA) is 74.9 Å². The number of H-pyrrole nitrogens is 1. The standard InChI is InChI=1S/C30H28BrN3O4/c1-37-25-11-10-18(14-26(25)38-2)12-13-33-17-27(35)34-24(30(33)36)16-22-21-8-3-4-9-23(21)32-28(22)29(34)19-6-5-7-20(31)15-19/h3-11,14-15,24,29,32H,12-13,16-17H2,1-2H3/t24-,29+/m0/s1. The molecular weight excluding hydrogens is 546 g/mol. The van der Waals surface area contributed by atoms with Gasteiger partial charge in [0.25, 0.3) is 0 Å². The van der Waals surface area contributed by atoms with Crippen molar-refractivity contribution < 1.29 is 19.1 Å². The Bertz CT molecular complexity index is 1550. The molecule has 7 nitrogen and oxygen atoms in total. The lowest BCUT2D eigenvalue weighted by atomic mass is 9.86. The number of ether oxygens (including phenoxy) is 2. The largest absolute Gasteiger partial charge is 0.493 e. The molecular formula is C30H28BrN3O4. The quantitative estimate of drug-likeness (QED) is 0.357. The SMILES string of the molecule is COc1ccc(CCN2CC(=O)N3[C@H](c4cccc(Br)c4)c4[nH]c5ccccc5c4C[C@H]3C2=O)cc1OC. The highest BCUT2D eigenvalue weighted by Crippen LogP contribution is 2.43. The van der Waals surface area contributed by atoms with Crippen LogP contribution < -0.4 is 9.47 Å². The predicted octanol–water partition coefficient (Wildman–Crippen LogP) is 4.88. The minimum Gasteiger partial charge on any atom is -0.493 e. The van der Waals surface area contributed by atoms with Crippen LogP contribution in [0.25, 0.3) is 10.9 Å². The van der Waals surface area contributed by atoms with Crippen LogP contribution >= 0.6 is 15.9 Å². The number of piperazine rings is 1. The number of halogens is 1. The van der Waals surface area contributed by atoms with Gasteiger partial charge < -0.3 is 24.3 Å². The van der Waals surface area contributed by atoms with Crippen LogP contribution in [0.3, 0.4) is 0 Å². The van der Waals surface area contributed by atoms with E-state index in [1.165, 1.54) is 0 Å². The summed E-state index contributed by atoms with van der Waals surface area (Å²) in [7, 11) is 3.21. The van der Waals surface area contributed by atoms with Gasteiger partial charge in [0.1, 0.15) is 6.04 Å². The normalized spacial score (nSPS) is 18.9. The summed E-state index contributed by atoms with van der Waals surface area (Å²) in [6, 6.07) is 21.0. The number of fused-ring (bicyclic) bond motifs is 4. The monoisotopic (exact) mass is 573 g/mol. The first kappa shape index (κ1) is 24.6. The number of hydrogen-bond donors (Lipinski definition) is 1. The zero-order chi connectivity index (χ0) is 26.4. The molecule has 2 amide bonds. The molecule has 3 aromatic carbocycles. The molecule has 0 bridgehead atoms. The predicted molar refractivity (Wildman–Crippen MR) is 148 cm³/mol. The number of amides is 2. The molecule has 0 radical (unpaired) electrons. The number of aromatic amines is 1. The third kappa shape index (κ3) is 4.13. The number of rotatable bonds is 6. The number of hydrogen-bond acceptors (Lipinski definition) is 4. The van der Waals surface area contributed by atoms with Gasteiger partial charge >= 0.3 is 0 Å². The van der Waals surface area contributed by atoms with E-state index in [1.807, 2.05) is 60.7 Å². The maximum absolute atomic E-state index is 13.9. The summed E-state index contributed by atoms with van der Waals surface area (Å²) in [5, 5.41) is 1.10. The van der Waals surface area contributed by atoms with Gasteiger partial charge in [0.15, 0.2) is 11.5 Å². The number of para-hydroxylation sites is 1. The fraction of sp³-hybridized carbons (Fsp3) is 0.267. The van der Waals surface area contributed by atoms with Gasteiger partial charge in [0.2, 0.25) is 11.8 Å². The summed E-state index contributed by atoms with van der Waals surface area (Å²) in [6.45, 7) is 0.509. The fourth-order valence-electron chi connectivity index (χ4n) is 5.84. The van der Waals surface area contributed by atoms with Gasteiger partial charge in [-0.3, -0.25) is 9.59 Å². The van der Waals surface area contributed by atoms with Crippen molar-refractivity contribution in [3.05, 3.63) is 93.6 Å². The second-order valence-electron chi connectivity index (χ2n) is 9.74. The van der Waals surface area contributed by atoms with Crippen molar-refractivity contribution in [2.45, 2.75) is 24.9 Å². The number of nitrogens with zero attached hydrogens (tertiary/aromatic N) is 2. The number of aromatic nitrogens is 1. The molecule has 38 heavy (non-hydrogen) atoms. The summed E-state index contributed by atoms with van der Waals surface area (Å²) >= 11 is 3.58. The molecule has 3 heterocycles. The second-order valence-corrected chi connectivity index (χ2v) is 10.7. The molecule has 1 aromatic heterocycles. The highest BCUT2D eigenvalue weighted by atomic mass is 79.9. The first-order chi connectivity index (χ1) is 18.5. The molecule has 0 aliphatic carbocycles. The fourth-order valence-corrected chi connectivity index (χ4v) is 6.25. The van der Waals surface area contributed by atoms with E-state index in [1.54, 1.807) is 24.0 Å². The lowest BCUT2D eigenvalue weighted by molar-refractivity contribution is -0.158. The van der Waals surface area contributed by atoms with Crippen molar-refractivity contribution >= 4 is 38.6 Å². The van der Waals surface area contributed by atoms with Crippen LogP contribution in [0.15, 0.2) is 71.2 Å². The molecule has 4 aromatic rings. The number of nitrogens with one attached hydrogen (secondary N) is 1. The number of carbonyl (C=O) groups excluding carboxylic acids is 2. The maximum Gasteiger partial charge on any atom is 0.246 e. The lowest BCUT2D eigenvalue weighted by Crippen LogP contribution is -2.63. The Balaban J connectivity index is 1.34. The van der Waals surface area contributed by atoms with Crippen LogP contribution in [0.5, 0.6) is 11.5 Å². The van der Waals surface area contributed by atoms with Crippen LogP contribution in [-0.2, 0) is 22.4 Å². The maximum atomic E-state index is 13.9. The van der Waals surface area contributed by atoms with E-state index in [2.05, 4.69) is 27.0 Å². The van der Waals surface area contributed by atoms with E-state index in [9.17, 15) is 9.59 Å². The van der Waals surface area contributed by atoms with Crippen LogP contribution in [0.4, 0.5) is 0 Å². The van der Waals surface area contributed by atoms with Crippen molar-refractivity contribution in [3.8, 4) is 11.5 Å². The van der Waals surface area contributed by atoms with Crippen molar-refractivity contribution in [2.75, 3.05) is 27.3 Å². The first-order valence-corrected chi connectivity index (χ1v) is 13.4. The van der Waals surface area contributed by atoms with E-state index in [4.69, 9.17) is 9.47 Å². The zero-order valence-corrected chi connectivity index (χ0v) is 22.8. The van der Waals surface area contributed by atoms with Gasteiger partial charge in [0.05, 0.1) is 26.8 Å². The average molecular weight is 574 g/mol. The van der Waals surface area contributed by atoms with Crippen molar-refractivity contribution in [1.82, 2.24) is 14.8 Å². The van der Waals surface area contributed by atoms with Crippen LogP contribution in [0.2, 0.25) is 0 Å². The summed E-state index contributed by atoms with van der Waals surface area (Å²) in [5.41, 5.74) is 5.09. The lowest BCUT2D eigenvalue weighted by Gasteiger charge is -2.47. The van der Waals surface area contributed by atoms with Crippen LogP contribution in [0, 0.1) is 0 Å². The number of methoxy groups -OCH3 is 2. The molecule has 2 atom stereocenters. The zero-order valence-electron chi connectivity index (χ0n) is 21.2. The van der Waals surface area contributed by atoms with Gasteiger partial charge in [-0.25, -0.2) is 0 Å². The van der Waals surface area contributed by atoms with Crippen LogP contribution in [-0.4, -0.2) is 59.9 Å². The molecule has 2 aliphatic heterocycles. The molecule has 2 aliphatic rings. The number of carbonyl (C=O) groups is 2. The molecule has 0 unspecified atom stereocenters. The van der Waals surface area contributed by atoms with Gasteiger partial charge in [-0.2, -0.15) is 0 Å². The Morgan fingerprint density at radius 3 is 2.58 bits per heavy atom. The Morgan fingerprint density at radius 1 is 0.974 bits per heavy atom. The molecule has 6 rings (SSSR count). The Morgan fingerprint density at radius 2 is 1.79 bits per heavy atom. The summed E-state index contributed by atoms with van der Waals surface area (Å²) < 4.78 is 11.7. The van der Waals surface area contributed by atoms with Gasteiger partial charge in [-0.15, -0.1) is 0 Å². The molecule has 1 fully saturated rings. The van der Waals surface area contributed by atoms with Gasteiger partial charge in [0, 0.05) is 34.0 Å². The van der Waals surface area contributed by atoms with E-state index >= 15 is 0 Å². The minimum absolute atomic E-state index is 0.0130. The van der Waals surface area contributed by atoms with Gasteiger partial charge in [-0.1, -0.05) is 52.3 Å². The van der Waals surface area contributed by atoms with E-state index in [0.717, 1.165) is 37.8 Å². The third-order valence-electron chi connectivity index (χ3n) is 7.63. The minimum atomic E-state index is -0.558. The van der Waals surface area contributed by atoms with E-state index < -0.39 is 6.04 Å². The number of benzene rings is 3. The van der Waals surface area contributed by atoms with Crippen LogP contribution in [0.1, 0.15) is 28.4 Å². The molecule has 0 spiro atoms. The van der Waals surface area contributed by atoms with Gasteiger partial charge in [-0.05, 0) is 53.4 Å². The Kier molecular flexibility index (Phi) is 6.35. The Labute approximate surface area is 229 Å². The van der Waals surface area contributed by atoms with Crippen molar-refractivity contribution in [2.24, 2.45) is 0 Å². The molecule has 1 N–H and O–H groups in total. The highest BCUT2D eigenvalue weighted by Gasteiger charge is 2.48. The molecule has 1 saturated heterocycles.